The van der Waals surface area contributed by atoms with Crippen LogP contribution >= 0.6 is 23.2 Å². The van der Waals surface area contributed by atoms with E-state index in [1.165, 1.54) is 4.90 Å². The second kappa shape index (κ2) is 7.26. The highest BCUT2D eigenvalue weighted by molar-refractivity contribution is 6.31. The molecule has 1 aliphatic rings. The van der Waals surface area contributed by atoms with Gasteiger partial charge in [0.05, 0.1) is 6.42 Å². The molecule has 2 amide bonds. The molecule has 1 atom stereocenters. The highest BCUT2D eigenvalue weighted by Gasteiger charge is 2.58. The molecule has 1 aliphatic heterocycles. The minimum absolute atomic E-state index is 0.0254. The summed E-state index contributed by atoms with van der Waals surface area (Å²) in [5.41, 5.74) is 0.493. The summed E-state index contributed by atoms with van der Waals surface area (Å²) in [6.07, 6.45) is 3.25. The van der Waals surface area contributed by atoms with Gasteiger partial charge in [-0.15, -0.1) is 0 Å². The predicted octanol–water partition coefficient (Wildman–Crippen LogP) is 4.66. The van der Waals surface area contributed by atoms with E-state index in [1.54, 1.807) is 73.1 Å². The number of nitrogens with one attached hydrogen (secondary N) is 1. The van der Waals surface area contributed by atoms with Crippen LogP contribution in [0.4, 0.5) is 11.4 Å². The molecule has 0 aliphatic carbocycles. The van der Waals surface area contributed by atoms with Crippen LogP contribution in [0.1, 0.15) is 12.0 Å². The third-order valence-corrected chi connectivity index (χ3v) is 5.17. The Bertz CT molecular complexity index is 1060. The number of hydrogen-bond donors (Lipinski definition) is 1. The van der Waals surface area contributed by atoms with E-state index in [9.17, 15) is 9.59 Å². The van der Waals surface area contributed by atoms with Crippen molar-refractivity contribution in [1.29, 1.82) is 0 Å². The standard InChI is InChI=1S/C21H15Cl2N3O2/c22-15-5-1-7-17(10-15)25-20(28)21(14-4-3-9-24-13-14)12-19(27)26(21)18-8-2-6-16(23)11-18/h1-11,13H,12H2,(H,25,28). The quantitative estimate of drug-likeness (QED) is 0.634. The van der Waals surface area contributed by atoms with Gasteiger partial charge in [-0.05, 0) is 42.5 Å². The topological polar surface area (TPSA) is 62.3 Å². The Morgan fingerprint density at radius 2 is 1.79 bits per heavy atom. The Labute approximate surface area is 171 Å². The summed E-state index contributed by atoms with van der Waals surface area (Å²) in [6.45, 7) is 0. The summed E-state index contributed by atoms with van der Waals surface area (Å²) in [4.78, 5) is 31.6. The molecule has 0 bridgehead atoms. The van der Waals surface area contributed by atoms with E-state index in [0.29, 0.717) is 27.0 Å². The lowest BCUT2D eigenvalue weighted by molar-refractivity contribution is -0.137. The fourth-order valence-electron chi connectivity index (χ4n) is 3.43. The first kappa shape index (κ1) is 18.5. The maximum Gasteiger partial charge on any atom is 0.255 e. The average Bonchev–Trinajstić information content (AvgIpc) is 2.66. The number of aromatic nitrogens is 1. The lowest BCUT2D eigenvalue weighted by Gasteiger charge is -2.50. The molecule has 7 heteroatoms. The van der Waals surface area contributed by atoms with Gasteiger partial charge in [0.15, 0.2) is 5.54 Å². The van der Waals surface area contributed by atoms with Gasteiger partial charge in [0.1, 0.15) is 0 Å². The van der Waals surface area contributed by atoms with Gasteiger partial charge in [-0.3, -0.25) is 19.5 Å². The highest BCUT2D eigenvalue weighted by Crippen LogP contribution is 2.46. The highest BCUT2D eigenvalue weighted by atomic mass is 35.5. The van der Waals surface area contributed by atoms with E-state index in [0.717, 1.165) is 0 Å². The number of pyridine rings is 1. The van der Waals surface area contributed by atoms with Crippen LogP contribution in [0.3, 0.4) is 0 Å². The van der Waals surface area contributed by atoms with Crippen molar-refractivity contribution in [3.8, 4) is 0 Å². The SMILES string of the molecule is O=C1CC(C(=O)Nc2cccc(Cl)c2)(c2cccnc2)N1c1cccc(Cl)c1. The summed E-state index contributed by atoms with van der Waals surface area (Å²) < 4.78 is 0. The van der Waals surface area contributed by atoms with E-state index in [1.807, 2.05) is 0 Å². The molecule has 3 aromatic rings. The van der Waals surface area contributed by atoms with Gasteiger partial charge in [0, 0.05) is 39.4 Å². The molecule has 0 radical (unpaired) electrons. The number of β-lactam (4-membered cyclic amide) rings is 1. The summed E-state index contributed by atoms with van der Waals surface area (Å²) in [7, 11) is 0. The number of carbonyl (C=O) groups excluding carboxylic acids is 2. The third-order valence-electron chi connectivity index (χ3n) is 4.70. The van der Waals surface area contributed by atoms with Crippen molar-refractivity contribution in [2.24, 2.45) is 0 Å². The number of rotatable bonds is 4. The summed E-state index contributed by atoms with van der Waals surface area (Å²) in [5.74, 6) is -0.519. The minimum atomic E-state index is -1.22. The number of nitrogens with zero attached hydrogens (tertiary/aromatic N) is 2. The molecule has 1 saturated heterocycles. The first-order valence-electron chi connectivity index (χ1n) is 8.57. The Morgan fingerprint density at radius 3 is 2.43 bits per heavy atom. The molecule has 1 fully saturated rings. The van der Waals surface area contributed by atoms with Crippen molar-refractivity contribution in [1.82, 2.24) is 4.98 Å². The maximum absolute atomic E-state index is 13.4. The Balaban J connectivity index is 1.79. The number of anilines is 2. The normalized spacial score (nSPS) is 18.5. The van der Waals surface area contributed by atoms with Crippen molar-refractivity contribution in [2.45, 2.75) is 12.0 Å². The van der Waals surface area contributed by atoms with E-state index in [-0.39, 0.29) is 18.2 Å². The number of amides is 2. The zero-order valence-electron chi connectivity index (χ0n) is 14.6. The fraction of sp³-hybridized carbons (Fsp3) is 0.0952. The van der Waals surface area contributed by atoms with Gasteiger partial charge in [-0.1, -0.05) is 41.4 Å². The zero-order valence-corrected chi connectivity index (χ0v) is 16.1. The zero-order chi connectivity index (χ0) is 19.7. The number of benzene rings is 2. The van der Waals surface area contributed by atoms with Crippen LogP contribution in [0.15, 0.2) is 73.1 Å². The first-order chi connectivity index (χ1) is 13.5. The van der Waals surface area contributed by atoms with Gasteiger partial charge in [0.25, 0.3) is 5.91 Å². The van der Waals surface area contributed by atoms with Gasteiger partial charge >= 0.3 is 0 Å². The summed E-state index contributed by atoms with van der Waals surface area (Å²) in [5, 5.41) is 3.86. The third kappa shape index (κ3) is 3.13. The molecule has 0 saturated carbocycles. The lowest BCUT2D eigenvalue weighted by Crippen LogP contribution is -2.67. The number of carbonyl (C=O) groups is 2. The fourth-order valence-corrected chi connectivity index (χ4v) is 3.81. The molecule has 1 N–H and O–H groups in total. The van der Waals surface area contributed by atoms with Gasteiger partial charge in [-0.2, -0.15) is 0 Å². The molecule has 0 spiro atoms. The van der Waals surface area contributed by atoms with Crippen LogP contribution in [-0.4, -0.2) is 16.8 Å². The van der Waals surface area contributed by atoms with Gasteiger partial charge in [0.2, 0.25) is 5.91 Å². The van der Waals surface area contributed by atoms with Gasteiger partial charge in [-0.25, -0.2) is 0 Å². The van der Waals surface area contributed by atoms with Crippen molar-refractivity contribution < 1.29 is 9.59 Å². The van der Waals surface area contributed by atoms with Crippen LogP contribution in [0.25, 0.3) is 0 Å². The van der Waals surface area contributed by atoms with Crippen LogP contribution in [0, 0.1) is 0 Å². The second-order valence-electron chi connectivity index (χ2n) is 6.45. The molecule has 1 unspecified atom stereocenters. The largest absolute Gasteiger partial charge is 0.324 e. The number of halogens is 2. The summed E-state index contributed by atoms with van der Waals surface area (Å²) in [6, 6.07) is 17.3. The van der Waals surface area contributed by atoms with Gasteiger partial charge < -0.3 is 5.32 Å². The monoisotopic (exact) mass is 411 g/mol. The molecule has 28 heavy (non-hydrogen) atoms. The molecular formula is C21H15Cl2N3O2. The molecule has 5 nitrogen and oxygen atoms in total. The van der Waals surface area contributed by atoms with E-state index < -0.39 is 5.54 Å². The number of hydrogen-bond acceptors (Lipinski definition) is 3. The summed E-state index contributed by atoms with van der Waals surface area (Å²) >= 11 is 12.2. The second-order valence-corrected chi connectivity index (χ2v) is 7.33. The molecule has 2 aromatic carbocycles. The smallest absolute Gasteiger partial charge is 0.255 e. The van der Waals surface area contributed by atoms with Crippen molar-refractivity contribution in [3.63, 3.8) is 0 Å². The van der Waals surface area contributed by atoms with Crippen LogP contribution in [0.5, 0.6) is 0 Å². The average molecular weight is 412 g/mol. The van der Waals surface area contributed by atoms with Crippen molar-refractivity contribution in [3.05, 3.63) is 88.7 Å². The predicted molar refractivity (Wildman–Crippen MR) is 110 cm³/mol. The molecule has 2 heterocycles. The molecular weight excluding hydrogens is 397 g/mol. The molecule has 1 aromatic heterocycles. The lowest BCUT2D eigenvalue weighted by atomic mass is 9.76. The Hall–Kier alpha value is -2.89. The van der Waals surface area contributed by atoms with Crippen LogP contribution in [0.2, 0.25) is 10.0 Å². The van der Waals surface area contributed by atoms with E-state index >= 15 is 0 Å². The minimum Gasteiger partial charge on any atom is -0.324 e. The van der Waals surface area contributed by atoms with Crippen LogP contribution in [-0.2, 0) is 15.1 Å². The molecule has 140 valence electrons. The first-order valence-corrected chi connectivity index (χ1v) is 9.32. The van der Waals surface area contributed by atoms with E-state index in [4.69, 9.17) is 23.2 Å². The van der Waals surface area contributed by atoms with Crippen molar-refractivity contribution in [2.75, 3.05) is 10.2 Å². The Kier molecular flexibility index (Phi) is 4.79. The van der Waals surface area contributed by atoms with Crippen molar-refractivity contribution >= 4 is 46.4 Å². The Morgan fingerprint density at radius 1 is 1.04 bits per heavy atom. The van der Waals surface area contributed by atoms with E-state index in [2.05, 4.69) is 10.3 Å². The maximum atomic E-state index is 13.4. The molecule has 4 rings (SSSR count). The van der Waals surface area contributed by atoms with Crippen LogP contribution < -0.4 is 10.2 Å².